The van der Waals surface area contributed by atoms with Crippen molar-refractivity contribution in [3.63, 3.8) is 0 Å². The summed E-state index contributed by atoms with van der Waals surface area (Å²) in [7, 11) is 1.87. The van der Waals surface area contributed by atoms with Crippen molar-refractivity contribution in [2.75, 3.05) is 32.1 Å². The van der Waals surface area contributed by atoms with E-state index in [0.29, 0.717) is 42.0 Å². The monoisotopic (exact) mass is 420 g/mol. The third-order valence-corrected chi connectivity index (χ3v) is 4.15. The number of carbonyl (C=O) groups excluding carboxylic acids is 2. The van der Waals surface area contributed by atoms with Crippen molar-refractivity contribution < 1.29 is 24.0 Å². The lowest BCUT2D eigenvalue weighted by Crippen LogP contribution is -3.09. The number of imide groups is 1. The van der Waals surface area contributed by atoms with Gasteiger partial charge in [0.15, 0.2) is 18.0 Å². The Bertz CT molecular complexity index is 844. The second-order valence-electron chi connectivity index (χ2n) is 6.47. The lowest BCUT2D eigenvalue weighted by Gasteiger charge is -2.15. The van der Waals surface area contributed by atoms with Crippen LogP contribution >= 0.6 is 11.6 Å². The Labute approximate surface area is 175 Å². The number of nitrogens with one attached hydrogen (secondary N) is 3. The fourth-order valence-corrected chi connectivity index (χ4v) is 3.01. The maximum absolute atomic E-state index is 12.2. The molecule has 0 aliphatic heterocycles. The first-order valence-corrected chi connectivity index (χ1v) is 9.85. The predicted molar refractivity (Wildman–Crippen MR) is 113 cm³/mol. The summed E-state index contributed by atoms with van der Waals surface area (Å²) in [5, 5.41) is 5.63. The first kappa shape index (κ1) is 22.5. The molecular formula is C21H27ClN3O4+. The predicted octanol–water partition coefficient (Wildman–Crippen LogP) is 2.50. The van der Waals surface area contributed by atoms with E-state index in [2.05, 4.69) is 10.6 Å². The molecule has 0 aliphatic rings. The highest BCUT2D eigenvalue weighted by Crippen LogP contribution is 2.30. The van der Waals surface area contributed by atoms with E-state index in [1.807, 2.05) is 39.1 Å². The summed E-state index contributed by atoms with van der Waals surface area (Å²) in [5.74, 6) is 0.754. The van der Waals surface area contributed by atoms with E-state index < -0.39 is 6.03 Å². The van der Waals surface area contributed by atoms with Gasteiger partial charge in [-0.1, -0.05) is 23.7 Å². The molecule has 8 heteroatoms. The number of hydrogen-bond donors (Lipinski definition) is 3. The van der Waals surface area contributed by atoms with Crippen LogP contribution in [0, 0.1) is 0 Å². The van der Waals surface area contributed by atoms with Crippen LogP contribution in [0.3, 0.4) is 0 Å². The zero-order chi connectivity index (χ0) is 21.2. The van der Waals surface area contributed by atoms with Crippen molar-refractivity contribution in [2.24, 2.45) is 0 Å². The van der Waals surface area contributed by atoms with E-state index in [1.165, 1.54) is 0 Å². The average Bonchev–Trinajstić information content (AvgIpc) is 2.63. The third kappa shape index (κ3) is 7.63. The number of rotatable bonds is 9. The molecule has 0 aliphatic carbocycles. The lowest BCUT2D eigenvalue weighted by atomic mass is 10.2. The van der Waals surface area contributed by atoms with Gasteiger partial charge in [-0.15, -0.1) is 0 Å². The Morgan fingerprint density at radius 3 is 2.45 bits per heavy atom. The fourth-order valence-electron chi connectivity index (χ4n) is 2.79. The lowest BCUT2D eigenvalue weighted by molar-refractivity contribution is -0.885. The molecule has 7 nitrogen and oxygen atoms in total. The van der Waals surface area contributed by atoms with Crippen LogP contribution in [0.2, 0.25) is 5.02 Å². The minimum atomic E-state index is -0.600. The number of quaternary nitrogens is 1. The van der Waals surface area contributed by atoms with Gasteiger partial charge in [0, 0.05) is 22.3 Å². The quantitative estimate of drug-likeness (QED) is 0.582. The van der Waals surface area contributed by atoms with Gasteiger partial charge in [-0.05, 0) is 38.1 Å². The molecule has 2 rings (SSSR count). The largest absolute Gasteiger partial charge is 0.490 e. The van der Waals surface area contributed by atoms with Crippen LogP contribution < -0.4 is 25.0 Å². The van der Waals surface area contributed by atoms with Crippen LogP contribution in [-0.4, -0.2) is 38.7 Å². The number of likely N-dealkylation sites (N-methyl/N-ethyl adjacent to an activating group) is 1. The van der Waals surface area contributed by atoms with Crippen LogP contribution in [0.15, 0.2) is 42.5 Å². The number of halogens is 1. The van der Waals surface area contributed by atoms with Gasteiger partial charge in [-0.2, -0.15) is 0 Å². The van der Waals surface area contributed by atoms with Crippen molar-refractivity contribution >= 4 is 29.2 Å². The molecule has 3 amide bonds. The Morgan fingerprint density at radius 1 is 1.03 bits per heavy atom. The van der Waals surface area contributed by atoms with Gasteiger partial charge >= 0.3 is 6.03 Å². The SMILES string of the molecule is CCOc1ccc(NC(=O)NC(=O)C[NH+](C)Cc2cccc(Cl)c2)cc1OCC. The summed E-state index contributed by atoms with van der Waals surface area (Å²) in [6.07, 6.45) is 0. The Balaban J connectivity index is 1.87. The molecule has 156 valence electrons. The van der Waals surface area contributed by atoms with Crippen LogP contribution in [0.1, 0.15) is 19.4 Å². The summed E-state index contributed by atoms with van der Waals surface area (Å²) in [6.45, 7) is 5.48. The van der Waals surface area contributed by atoms with Gasteiger partial charge in [-0.3, -0.25) is 10.1 Å². The molecular weight excluding hydrogens is 394 g/mol. The minimum absolute atomic E-state index is 0.146. The summed E-state index contributed by atoms with van der Waals surface area (Å²) in [4.78, 5) is 25.2. The summed E-state index contributed by atoms with van der Waals surface area (Å²) in [5.41, 5.74) is 1.52. The highest BCUT2D eigenvalue weighted by molar-refractivity contribution is 6.30. The van der Waals surface area contributed by atoms with Gasteiger partial charge in [0.2, 0.25) is 0 Å². The number of amides is 3. The van der Waals surface area contributed by atoms with E-state index in [9.17, 15) is 9.59 Å². The number of carbonyl (C=O) groups is 2. The molecule has 0 fully saturated rings. The Hall–Kier alpha value is -2.77. The summed E-state index contributed by atoms with van der Waals surface area (Å²) >= 11 is 5.98. The standard InChI is InChI=1S/C21H26ClN3O4/c1-4-28-18-10-9-17(12-19(18)29-5-2)23-21(27)24-20(26)14-25(3)13-15-7-6-8-16(22)11-15/h6-12H,4-5,13-14H2,1-3H3,(H2,23,24,26,27)/p+1. The van der Waals surface area contributed by atoms with Crippen LogP contribution in [0.4, 0.5) is 10.5 Å². The smallest absolute Gasteiger partial charge is 0.326 e. The number of ether oxygens (including phenoxy) is 2. The van der Waals surface area contributed by atoms with Crippen molar-refractivity contribution in [1.29, 1.82) is 0 Å². The minimum Gasteiger partial charge on any atom is -0.490 e. The highest BCUT2D eigenvalue weighted by Gasteiger charge is 2.15. The number of hydrogen-bond acceptors (Lipinski definition) is 4. The van der Waals surface area contributed by atoms with Gasteiger partial charge in [0.1, 0.15) is 6.54 Å². The van der Waals surface area contributed by atoms with Crippen molar-refractivity contribution in [2.45, 2.75) is 20.4 Å². The molecule has 0 aromatic heterocycles. The van der Waals surface area contributed by atoms with Gasteiger partial charge < -0.3 is 19.7 Å². The van der Waals surface area contributed by atoms with E-state index in [4.69, 9.17) is 21.1 Å². The van der Waals surface area contributed by atoms with Crippen molar-refractivity contribution in [3.8, 4) is 11.5 Å². The zero-order valence-electron chi connectivity index (χ0n) is 16.9. The average molecular weight is 421 g/mol. The summed E-state index contributed by atoms with van der Waals surface area (Å²) < 4.78 is 11.0. The first-order chi connectivity index (χ1) is 13.9. The van der Waals surface area contributed by atoms with E-state index in [0.717, 1.165) is 10.5 Å². The van der Waals surface area contributed by atoms with E-state index in [-0.39, 0.29) is 12.5 Å². The number of benzene rings is 2. The first-order valence-electron chi connectivity index (χ1n) is 9.47. The summed E-state index contributed by atoms with van der Waals surface area (Å²) in [6, 6.07) is 11.9. The molecule has 0 saturated carbocycles. The molecule has 0 heterocycles. The van der Waals surface area contributed by atoms with E-state index in [1.54, 1.807) is 24.3 Å². The number of anilines is 1. The normalized spacial score (nSPS) is 11.4. The Morgan fingerprint density at radius 2 is 1.76 bits per heavy atom. The topological polar surface area (TPSA) is 81.1 Å². The molecule has 3 N–H and O–H groups in total. The van der Waals surface area contributed by atoms with E-state index >= 15 is 0 Å². The van der Waals surface area contributed by atoms with Crippen LogP contribution in [0.25, 0.3) is 0 Å². The van der Waals surface area contributed by atoms with Crippen LogP contribution in [0.5, 0.6) is 11.5 Å². The molecule has 2 aromatic rings. The maximum atomic E-state index is 12.2. The second kappa shape index (κ2) is 11.3. The van der Waals surface area contributed by atoms with Gasteiger partial charge in [-0.25, -0.2) is 4.79 Å². The molecule has 0 radical (unpaired) electrons. The van der Waals surface area contributed by atoms with Gasteiger partial charge in [0.25, 0.3) is 5.91 Å². The second-order valence-corrected chi connectivity index (χ2v) is 6.91. The maximum Gasteiger partial charge on any atom is 0.326 e. The van der Waals surface area contributed by atoms with Crippen molar-refractivity contribution in [1.82, 2.24) is 5.32 Å². The number of urea groups is 1. The van der Waals surface area contributed by atoms with Crippen LogP contribution in [-0.2, 0) is 11.3 Å². The highest BCUT2D eigenvalue weighted by atomic mass is 35.5. The molecule has 2 aromatic carbocycles. The Kier molecular flexibility index (Phi) is 8.76. The molecule has 0 spiro atoms. The zero-order valence-corrected chi connectivity index (χ0v) is 17.6. The molecule has 1 atom stereocenters. The molecule has 29 heavy (non-hydrogen) atoms. The molecule has 0 bridgehead atoms. The van der Waals surface area contributed by atoms with Crippen molar-refractivity contribution in [3.05, 3.63) is 53.1 Å². The molecule has 0 saturated heterocycles. The molecule has 1 unspecified atom stereocenters. The third-order valence-electron chi connectivity index (χ3n) is 3.91. The van der Waals surface area contributed by atoms with Gasteiger partial charge in [0.05, 0.1) is 20.3 Å². The fraction of sp³-hybridized carbons (Fsp3) is 0.333.